The van der Waals surface area contributed by atoms with Crippen molar-refractivity contribution in [3.63, 3.8) is 0 Å². The van der Waals surface area contributed by atoms with Crippen LogP contribution in [0.1, 0.15) is 52.4 Å². The Labute approximate surface area is 176 Å². The lowest BCUT2D eigenvalue weighted by Crippen LogP contribution is -2.63. The van der Waals surface area contributed by atoms with Crippen molar-refractivity contribution < 1.29 is 28.6 Å². The van der Waals surface area contributed by atoms with Gasteiger partial charge in [0.05, 0.1) is 19.1 Å². The van der Waals surface area contributed by atoms with Gasteiger partial charge in [0.1, 0.15) is 11.2 Å². The zero-order valence-electron chi connectivity index (χ0n) is 17.7. The molecule has 160 valence electrons. The molecule has 4 fully saturated rings. The molecule has 30 heavy (non-hydrogen) atoms. The van der Waals surface area contributed by atoms with E-state index in [4.69, 9.17) is 14.2 Å². The van der Waals surface area contributed by atoms with Gasteiger partial charge in [-0.2, -0.15) is 0 Å². The number of carbonyl (C=O) groups excluding carboxylic acids is 3. The van der Waals surface area contributed by atoms with E-state index in [9.17, 15) is 14.4 Å². The molecule has 2 unspecified atom stereocenters. The number of esters is 2. The highest BCUT2D eigenvalue weighted by Crippen LogP contribution is 2.77. The van der Waals surface area contributed by atoms with E-state index in [2.05, 4.69) is 26.0 Å². The van der Waals surface area contributed by atoms with E-state index in [0.29, 0.717) is 25.7 Å². The minimum absolute atomic E-state index is 0.00566. The molecule has 4 aliphatic carbocycles. The Balaban J connectivity index is 1.50. The van der Waals surface area contributed by atoms with Gasteiger partial charge in [-0.1, -0.05) is 25.5 Å². The third kappa shape index (κ3) is 1.89. The molecular weight excluding hydrogens is 384 g/mol. The van der Waals surface area contributed by atoms with Gasteiger partial charge in [-0.15, -0.1) is 0 Å². The van der Waals surface area contributed by atoms with Crippen molar-refractivity contribution in [3.05, 3.63) is 23.8 Å². The summed E-state index contributed by atoms with van der Waals surface area (Å²) in [5, 5.41) is 0. The number of ketones is 1. The highest BCUT2D eigenvalue weighted by Gasteiger charge is 2.82. The standard InChI is InChI=1S/C24H28O6/c1-21-7-4-14(25)10-13(21)11-15(20(27)28-3)19-16-5-8-23(9-6-18(26)30-23)22(16,2)12-17-24(19,21)29-17/h5,8,10,15-17,19H,4,6-7,9,11-12H2,1-3H3/t15-,16?,17-,19?,21+,22+,23-,24-/m1/s1. The van der Waals surface area contributed by atoms with Crippen LogP contribution in [0, 0.1) is 28.6 Å². The summed E-state index contributed by atoms with van der Waals surface area (Å²) < 4.78 is 17.8. The Morgan fingerprint density at radius 3 is 2.70 bits per heavy atom. The SMILES string of the molecule is COC(=O)[C@@H]1CC2=CC(=O)CC[C@]2(C)[C@@]23O[C@@H]2C[C@@]2(C)C(C=C[C@@]24CCC(=O)O4)C13. The first-order valence-corrected chi connectivity index (χ1v) is 11.1. The van der Waals surface area contributed by atoms with E-state index in [1.165, 1.54) is 7.11 Å². The van der Waals surface area contributed by atoms with E-state index in [0.717, 1.165) is 18.4 Å². The number of rotatable bonds is 1. The first kappa shape index (κ1) is 18.8. The van der Waals surface area contributed by atoms with Crippen LogP contribution in [0.3, 0.4) is 0 Å². The lowest BCUT2D eigenvalue weighted by atomic mass is 9.43. The van der Waals surface area contributed by atoms with Gasteiger partial charge in [-0.3, -0.25) is 14.4 Å². The molecule has 6 aliphatic rings. The van der Waals surface area contributed by atoms with Crippen LogP contribution >= 0.6 is 0 Å². The molecule has 6 rings (SSSR count). The number of hydrogen-bond acceptors (Lipinski definition) is 6. The Morgan fingerprint density at radius 1 is 1.20 bits per heavy atom. The predicted octanol–water partition coefficient (Wildman–Crippen LogP) is 2.90. The number of epoxide rings is 1. The molecule has 2 aliphatic heterocycles. The second-order valence-corrected chi connectivity index (χ2v) is 10.6. The fraction of sp³-hybridized carbons (Fsp3) is 0.708. The van der Waals surface area contributed by atoms with E-state index in [1.807, 2.05) is 0 Å². The zero-order valence-corrected chi connectivity index (χ0v) is 17.7. The van der Waals surface area contributed by atoms with Gasteiger partial charge in [0.15, 0.2) is 5.78 Å². The first-order chi connectivity index (χ1) is 14.2. The third-order valence-corrected chi connectivity index (χ3v) is 9.68. The van der Waals surface area contributed by atoms with Gasteiger partial charge in [0.25, 0.3) is 0 Å². The average Bonchev–Trinajstić information content (AvgIpc) is 3.20. The Hall–Kier alpha value is -1.95. The molecule has 6 heteroatoms. The maximum atomic E-state index is 13.0. The van der Waals surface area contributed by atoms with E-state index in [-0.39, 0.29) is 52.4 Å². The summed E-state index contributed by atoms with van der Waals surface area (Å²) >= 11 is 0. The van der Waals surface area contributed by atoms with Crippen molar-refractivity contribution in [1.82, 2.24) is 0 Å². The molecule has 2 saturated heterocycles. The third-order valence-electron chi connectivity index (χ3n) is 9.68. The van der Waals surface area contributed by atoms with Gasteiger partial charge in [-0.05, 0) is 37.3 Å². The number of hydrogen-bond donors (Lipinski definition) is 0. The molecule has 6 nitrogen and oxygen atoms in total. The van der Waals surface area contributed by atoms with E-state index >= 15 is 0 Å². The highest BCUT2D eigenvalue weighted by atomic mass is 16.6. The zero-order chi connectivity index (χ0) is 21.1. The van der Waals surface area contributed by atoms with Gasteiger partial charge in [-0.25, -0.2) is 0 Å². The number of carbonyl (C=O) groups is 3. The Kier molecular flexibility index (Phi) is 3.41. The topological polar surface area (TPSA) is 82.2 Å². The summed E-state index contributed by atoms with van der Waals surface area (Å²) in [5.41, 5.74) is -0.576. The Bertz CT molecular complexity index is 949. The minimum atomic E-state index is -0.604. The van der Waals surface area contributed by atoms with E-state index in [1.54, 1.807) is 6.08 Å². The Morgan fingerprint density at radius 2 is 2.00 bits per heavy atom. The summed E-state index contributed by atoms with van der Waals surface area (Å²) in [6.45, 7) is 4.42. The monoisotopic (exact) mass is 412 g/mol. The maximum Gasteiger partial charge on any atom is 0.309 e. The first-order valence-electron chi connectivity index (χ1n) is 11.1. The average molecular weight is 412 g/mol. The summed E-state index contributed by atoms with van der Waals surface area (Å²) in [7, 11) is 1.43. The van der Waals surface area contributed by atoms with Crippen molar-refractivity contribution in [2.45, 2.75) is 69.7 Å². The molecular formula is C24H28O6. The molecule has 0 aromatic rings. The molecule has 2 spiro atoms. The fourth-order valence-corrected chi connectivity index (χ4v) is 8.06. The molecule has 0 aromatic carbocycles. The summed E-state index contributed by atoms with van der Waals surface area (Å²) in [5.74, 6) is -0.618. The maximum absolute atomic E-state index is 13.0. The lowest BCUT2D eigenvalue weighted by molar-refractivity contribution is -0.168. The molecule has 0 radical (unpaired) electrons. The normalized spacial score (nSPS) is 52.7. The van der Waals surface area contributed by atoms with Crippen LogP contribution in [0.5, 0.6) is 0 Å². The van der Waals surface area contributed by atoms with Crippen molar-refractivity contribution >= 4 is 17.7 Å². The summed E-state index contributed by atoms with van der Waals surface area (Å²) in [4.78, 5) is 37.3. The molecule has 0 N–H and O–H groups in total. The van der Waals surface area contributed by atoms with E-state index < -0.39 is 11.2 Å². The summed E-state index contributed by atoms with van der Waals surface area (Å²) in [6.07, 6.45) is 9.75. The smallest absolute Gasteiger partial charge is 0.309 e. The number of fused-ring (bicyclic) bond motifs is 4. The molecule has 0 amide bonds. The van der Waals surface area contributed by atoms with Crippen molar-refractivity contribution in [2.24, 2.45) is 28.6 Å². The molecule has 2 saturated carbocycles. The largest absolute Gasteiger partial charge is 0.469 e. The van der Waals surface area contributed by atoms with Crippen LogP contribution in [0.4, 0.5) is 0 Å². The van der Waals surface area contributed by atoms with Crippen molar-refractivity contribution in [1.29, 1.82) is 0 Å². The highest BCUT2D eigenvalue weighted by molar-refractivity contribution is 5.92. The lowest BCUT2D eigenvalue weighted by Gasteiger charge is -2.58. The molecule has 2 heterocycles. The predicted molar refractivity (Wildman–Crippen MR) is 105 cm³/mol. The fourth-order valence-electron chi connectivity index (χ4n) is 8.06. The van der Waals surface area contributed by atoms with Crippen LogP contribution in [0.2, 0.25) is 0 Å². The van der Waals surface area contributed by atoms with Crippen LogP contribution < -0.4 is 0 Å². The van der Waals surface area contributed by atoms with Crippen LogP contribution in [-0.4, -0.2) is 42.1 Å². The van der Waals surface area contributed by atoms with Crippen molar-refractivity contribution in [3.8, 4) is 0 Å². The minimum Gasteiger partial charge on any atom is -0.469 e. The van der Waals surface area contributed by atoms with Crippen LogP contribution in [0.15, 0.2) is 23.8 Å². The van der Waals surface area contributed by atoms with Gasteiger partial charge < -0.3 is 14.2 Å². The van der Waals surface area contributed by atoms with Gasteiger partial charge in [0.2, 0.25) is 0 Å². The number of allylic oxidation sites excluding steroid dienone is 2. The molecule has 8 atom stereocenters. The molecule has 0 bridgehead atoms. The molecule has 0 aromatic heterocycles. The van der Waals surface area contributed by atoms with Crippen LogP contribution in [0.25, 0.3) is 0 Å². The number of methoxy groups -OCH3 is 1. The second kappa shape index (κ2) is 5.45. The summed E-state index contributed by atoms with van der Waals surface area (Å²) in [6, 6.07) is 0. The second-order valence-electron chi connectivity index (χ2n) is 10.6. The van der Waals surface area contributed by atoms with Gasteiger partial charge in [0, 0.05) is 36.0 Å². The van der Waals surface area contributed by atoms with Crippen LogP contribution in [-0.2, 0) is 28.6 Å². The van der Waals surface area contributed by atoms with Gasteiger partial charge >= 0.3 is 11.9 Å². The quantitative estimate of drug-likeness (QED) is 0.374. The van der Waals surface area contributed by atoms with Crippen molar-refractivity contribution in [2.75, 3.05) is 7.11 Å². The number of ether oxygens (including phenoxy) is 3.